The molecule has 0 bridgehead atoms. The fourth-order valence-corrected chi connectivity index (χ4v) is 3.74. The zero-order valence-corrected chi connectivity index (χ0v) is 16.5. The third kappa shape index (κ3) is 3.98. The van der Waals surface area contributed by atoms with Gasteiger partial charge in [0.1, 0.15) is 6.04 Å². The Balaban J connectivity index is 1.55. The average molecular weight is 417 g/mol. The molecular formula is C20H18Cl2N4O2. The van der Waals surface area contributed by atoms with Crippen molar-refractivity contribution in [2.24, 2.45) is 0 Å². The zero-order valence-electron chi connectivity index (χ0n) is 14.9. The highest BCUT2D eigenvalue weighted by Crippen LogP contribution is 2.32. The zero-order chi connectivity index (χ0) is 19.5. The Morgan fingerprint density at radius 2 is 1.96 bits per heavy atom. The number of carbonyl (C=O) groups excluding carboxylic acids is 1. The van der Waals surface area contributed by atoms with Gasteiger partial charge in [-0.25, -0.2) is 4.79 Å². The Kier molecular flexibility index (Phi) is 5.50. The Morgan fingerprint density at radius 3 is 2.75 bits per heavy atom. The monoisotopic (exact) mass is 416 g/mol. The first-order chi connectivity index (χ1) is 13.6. The molecule has 0 saturated carbocycles. The lowest BCUT2D eigenvalue weighted by Gasteiger charge is -2.33. The number of rotatable bonds is 3. The molecular weight excluding hydrogens is 399 g/mol. The highest BCUT2D eigenvalue weighted by atomic mass is 35.5. The van der Waals surface area contributed by atoms with Gasteiger partial charge >= 0.3 is 6.03 Å². The molecule has 2 heterocycles. The van der Waals surface area contributed by atoms with E-state index in [0.29, 0.717) is 34.0 Å². The van der Waals surface area contributed by atoms with Gasteiger partial charge < -0.3 is 14.7 Å². The fourth-order valence-electron chi connectivity index (χ4n) is 3.28. The lowest BCUT2D eigenvalue weighted by molar-refractivity contribution is 0.142. The molecule has 1 aliphatic rings. The number of carbonyl (C=O) groups is 1. The van der Waals surface area contributed by atoms with Crippen molar-refractivity contribution in [1.82, 2.24) is 15.0 Å². The number of benzene rings is 2. The summed E-state index contributed by atoms with van der Waals surface area (Å²) in [5, 5.41) is 7.83. The highest BCUT2D eigenvalue weighted by molar-refractivity contribution is 6.36. The summed E-state index contributed by atoms with van der Waals surface area (Å²) in [7, 11) is 0. The van der Waals surface area contributed by atoms with E-state index in [-0.39, 0.29) is 12.1 Å². The minimum absolute atomic E-state index is 0.256. The molecule has 1 atom stereocenters. The van der Waals surface area contributed by atoms with Crippen LogP contribution < -0.4 is 5.32 Å². The van der Waals surface area contributed by atoms with Crippen LogP contribution in [0.4, 0.5) is 10.5 Å². The summed E-state index contributed by atoms with van der Waals surface area (Å²) in [6.07, 6.45) is 2.66. The number of nitrogens with one attached hydrogen (secondary N) is 1. The maximum atomic E-state index is 12.9. The standard InChI is InChI=1S/C20H18Cl2N4O2/c21-14-9-10-16(15(22)12-14)23-20(27)26-11-5-4-8-17(26)19-24-18(25-28-19)13-6-2-1-3-7-13/h1-3,6-7,9-10,12,17H,4-5,8,11H2,(H,23,27). The van der Waals surface area contributed by atoms with E-state index in [0.717, 1.165) is 24.8 Å². The van der Waals surface area contributed by atoms with Crippen LogP contribution in [-0.2, 0) is 0 Å². The summed E-state index contributed by atoms with van der Waals surface area (Å²) in [5.74, 6) is 0.957. The van der Waals surface area contributed by atoms with E-state index in [1.54, 1.807) is 23.1 Å². The van der Waals surface area contributed by atoms with Crippen molar-refractivity contribution in [3.8, 4) is 11.4 Å². The molecule has 4 rings (SSSR count). The number of amides is 2. The predicted molar refractivity (Wildman–Crippen MR) is 109 cm³/mol. The molecule has 1 unspecified atom stereocenters. The van der Waals surface area contributed by atoms with Crippen molar-refractivity contribution in [3.63, 3.8) is 0 Å². The smallest absolute Gasteiger partial charge is 0.322 e. The van der Waals surface area contributed by atoms with Gasteiger partial charge in [0.15, 0.2) is 0 Å². The Bertz CT molecular complexity index is 977. The topological polar surface area (TPSA) is 71.3 Å². The van der Waals surface area contributed by atoms with Crippen LogP contribution in [0, 0.1) is 0 Å². The van der Waals surface area contributed by atoms with E-state index < -0.39 is 0 Å². The molecule has 0 radical (unpaired) electrons. The van der Waals surface area contributed by atoms with E-state index in [9.17, 15) is 4.79 Å². The van der Waals surface area contributed by atoms with Crippen molar-refractivity contribution in [2.75, 3.05) is 11.9 Å². The molecule has 0 aliphatic carbocycles. The van der Waals surface area contributed by atoms with E-state index in [1.807, 2.05) is 30.3 Å². The molecule has 8 heteroatoms. The second-order valence-corrected chi connectivity index (χ2v) is 7.43. The van der Waals surface area contributed by atoms with Gasteiger partial charge in [-0.3, -0.25) is 0 Å². The van der Waals surface area contributed by atoms with Crippen LogP contribution in [0.15, 0.2) is 53.1 Å². The van der Waals surface area contributed by atoms with Crippen molar-refractivity contribution in [2.45, 2.75) is 25.3 Å². The predicted octanol–water partition coefficient (Wildman–Crippen LogP) is 5.80. The largest absolute Gasteiger partial charge is 0.337 e. The lowest BCUT2D eigenvalue weighted by atomic mass is 10.0. The van der Waals surface area contributed by atoms with Gasteiger partial charge in [0.05, 0.1) is 10.7 Å². The molecule has 1 N–H and O–H groups in total. The average Bonchev–Trinajstić information content (AvgIpc) is 3.21. The van der Waals surface area contributed by atoms with E-state index in [4.69, 9.17) is 27.7 Å². The third-order valence-corrected chi connectivity index (χ3v) is 5.24. The van der Waals surface area contributed by atoms with Gasteiger partial charge in [-0.2, -0.15) is 4.98 Å². The molecule has 2 amide bonds. The minimum Gasteiger partial charge on any atom is -0.337 e. The van der Waals surface area contributed by atoms with Gasteiger partial charge in [-0.05, 0) is 37.5 Å². The Hall–Kier alpha value is -2.57. The SMILES string of the molecule is O=C(Nc1ccc(Cl)cc1Cl)N1CCCCC1c1nc(-c2ccccc2)no1. The number of halogens is 2. The van der Waals surface area contributed by atoms with Crippen LogP contribution in [-0.4, -0.2) is 27.6 Å². The first-order valence-electron chi connectivity index (χ1n) is 9.03. The third-order valence-electron chi connectivity index (χ3n) is 4.70. The lowest BCUT2D eigenvalue weighted by Crippen LogP contribution is -2.41. The molecule has 1 saturated heterocycles. The first-order valence-corrected chi connectivity index (χ1v) is 9.79. The number of hydrogen-bond donors (Lipinski definition) is 1. The fraction of sp³-hybridized carbons (Fsp3) is 0.250. The maximum absolute atomic E-state index is 12.9. The Labute approximate surface area is 172 Å². The van der Waals surface area contributed by atoms with Crippen LogP contribution >= 0.6 is 23.2 Å². The quantitative estimate of drug-likeness (QED) is 0.585. The van der Waals surface area contributed by atoms with E-state index in [1.165, 1.54) is 0 Å². The number of likely N-dealkylation sites (tertiary alicyclic amines) is 1. The van der Waals surface area contributed by atoms with Gasteiger partial charge in [0, 0.05) is 17.1 Å². The number of aromatic nitrogens is 2. The normalized spacial score (nSPS) is 16.8. The van der Waals surface area contributed by atoms with Crippen LogP contribution in [0.3, 0.4) is 0 Å². The summed E-state index contributed by atoms with van der Waals surface area (Å²) < 4.78 is 5.50. The number of hydrogen-bond acceptors (Lipinski definition) is 4. The van der Waals surface area contributed by atoms with Crippen molar-refractivity contribution >= 4 is 34.9 Å². The molecule has 1 fully saturated rings. The molecule has 28 heavy (non-hydrogen) atoms. The first kappa shape index (κ1) is 18.8. The van der Waals surface area contributed by atoms with Crippen molar-refractivity contribution in [3.05, 3.63) is 64.5 Å². The van der Waals surface area contributed by atoms with Crippen LogP contribution in [0.1, 0.15) is 31.2 Å². The van der Waals surface area contributed by atoms with Crippen LogP contribution in [0.2, 0.25) is 10.0 Å². The van der Waals surface area contributed by atoms with Gasteiger partial charge in [0.2, 0.25) is 11.7 Å². The molecule has 0 spiro atoms. The molecule has 6 nitrogen and oxygen atoms in total. The van der Waals surface area contributed by atoms with E-state index >= 15 is 0 Å². The molecule has 1 aromatic heterocycles. The van der Waals surface area contributed by atoms with Crippen molar-refractivity contribution < 1.29 is 9.32 Å². The van der Waals surface area contributed by atoms with Gasteiger partial charge in [0.25, 0.3) is 0 Å². The number of anilines is 1. The molecule has 2 aromatic carbocycles. The summed E-state index contributed by atoms with van der Waals surface area (Å²) in [5.41, 5.74) is 1.38. The second-order valence-electron chi connectivity index (χ2n) is 6.58. The van der Waals surface area contributed by atoms with E-state index in [2.05, 4.69) is 15.5 Å². The highest BCUT2D eigenvalue weighted by Gasteiger charge is 2.32. The Morgan fingerprint density at radius 1 is 1.14 bits per heavy atom. The number of piperidine rings is 1. The minimum atomic E-state index is -0.273. The summed E-state index contributed by atoms with van der Waals surface area (Å²) >= 11 is 12.1. The van der Waals surface area contributed by atoms with Crippen molar-refractivity contribution in [1.29, 1.82) is 0 Å². The molecule has 144 valence electrons. The second kappa shape index (κ2) is 8.20. The maximum Gasteiger partial charge on any atom is 0.322 e. The summed E-state index contributed by atoms with van der Waals surface area (Å²) in [6, 6.07) is 14.0. The van der Waals surface area contributed by atoms with Gasteiger partial charge in [-0.15, -0.1) is 0 Å². The van der Waals surface area contributed by atoms with Crippen LogP contribution in [0.25, 0.3) is 11.4 Å². The number of nitrogens with zero attached hydrogens (tertiary/aromatic N) is 3. The summed E-state index contributed by atoms with van der Waals surface area (Å²) in [6.45, 7) is 0.602. The van der Waals surface area contributed by atoms with Gasteiger partial charge in [-0.1, -0.05) is 58.7 Å². The molecule has 3 aromatic rings. The number of urea groups is 1. The molecule has 1 aliphatic heterocycles. The summed E-state index contributed by atoms with van der Waals surface area (Å²) in [4.78, 5) is 19.1. The van der Waals surface area contributed by atoms with Crippen LogP contribution in [0.5, 0.6) is 0 Å².